The number of carboxylic acid groups (broad SMARTS) is 1. The molecular formula is C10H14N2O4S. The van der Waals surface area contributed by atoms with Crippen molar-refractivity contribution >= 4 is 23.2 Å². The van der Waals surface area contributed by atoms with Gasteiger partial charge in [0.2, 0.25) is 0 Å². The number of ether oxygens (including phenoxy) is 1. The second-order valence-electron chi connectivity index (χ2n) is 3.30. The number of hydrogen-bond acceptors (Lipinski definition) is 5. The molecular weight excluding hydrogens is 244 g/mol. The topological polar surface area (TPSA) is 88.5 Å². The number of unbranched alkanes of at least 4 members (excludes halogenated alkanes) is 1. The van der Waals surface area contributed by atoms with E-state index >= 15 is 0 Å². The average Bonchev–Trinajstić information content (AvgIpc) is 2.78. The first-order chi connectivity index (χ1) is 8.15. The van der Waals surface area contributed by atoms with Gasteiger partial charge in [0, 0.05) is 25.6 Å². The zero-order valence-electron chi connectivity index (χ0n) is 9.43. The predicted molar refractivity (Wildman–Crippen MR) is 62.5 cm³/mol. The fraction of sp³-hybridized carbons (Fsp3) is 0.500. The fourth-order valence-electron chi connectivity index (χ4n) is 1.13. The van der Waals surface area contributed by atoms with Gasteiger partial charge < -0.3 is 15.2 Å². The number of aromatic carboxylic acids is 1. The number of nitrogens with one attached hydrogen (secondary N) is 1. The molecule has 2 N–H and O–H groups in total. The van der Waals surface area contributed by atoms with Crippen LogP contribution in [0.4, 0.5) is 0 Å². The Morgan fingerprint density at radius 1 is 1.53 bits per heavy atom. The standard InChI is InChI=1S/C10H14N2O4S/c1-16-5-3-2-4-11-8(13)9-12-7(6-17-9)10(14)15/h6H,2-5H2,1H3,(H,11,13)(H,14,15). The van der Waals surface area contributed by atoms with Crippen molar-refractivity contribution in [3.63, 3.8) is 0 Å². The van der Waals surface area contributed by atoms with Crippen LogP contribution >= 0.6 is 11.3 Å². The number of carbonyl (C=O) groups is 2. The van der Waals surface area contributed by atoms with E-state index < -0.39 is 5.97 Å². The first kappa shape index (κ1) is 13.6. The Morgan fingerprint density at radius 3 is 2.88 bits per heavy atom. The van der Waals surface area contributed by atoms with E-state index in [2.05, 4.69) is 10.3 Å². The third kappa shape index (κ3) is 4.49. The molecule has 1 amide bonds. The Balaban J connectivity index is 2.34. The van der Waals surface area contributed by atoms with Gasteiger partial charge in [0.05, 0.1) is 0 Å². The highest BCUT2D eigenvalue weighted by molar-refractivity contribution is 7.11. The third-order valence-electron chi connectivity index (χ3n) is 1.98. The molecule has 0 unspecified atom stereocenters. The van der Waals surface area contributed by atoms with E-state index in [0.717, 1.165) is 24.2 Å². The van der Waals surface area contributed by atoms with Crippen molar-refractivity contribution in [2.45, 2.75) is 12.8 Å². The van der Waals surface area contributed by atoms with Crippen molar-refractivity contribution in [3.05, 3.63) is 16.1 Å². The summed E-state index contributed by atoms with van der Waals surface area (Å²) < 4.78 is 4.87. The molecule has 0 aliphatic carbocycles. The predicted octanol–water partition coefficient (Wildman–Crippen LogP) is 0.998. The molecule has 94 valence electrons. The highest BCUT2D eigenvalue weighted by Crippen LogP contribution is 2.09. The minimum absolute atomic E-state index is 0.0977. The van der Waals surface area contributed by atoms with Crippen LogP contribution in [0.1, 0.15) is 33.1 Å². The Bertz CT molecular complexity index is 391. The summed E-state index contributed by atoms with van der Waals surface area (Å²) in [5.74, 6) is -1.46. The molecule has 1 aromatic rings. The molecule has 0 fully saturated rings. The van der Waals surface area contributed by atoms with Crippen molar-refractivity contribution in [2.75, 3.05) is 20.3 Å². The zero-order chi connectivity index (χ0) is 12.7. The van der Waals surface area contributed by atoms with Crippen molar-refractivity contribution in [3.8, 4) is 0 Å². The summed E-state index contributed by atoms with van der Waals surface area (Å²) in [5, 5.41) is 12.8. The van der Waals surface area contributed by atoms with Crippen molar-refractivity contribution < 1.29 is 19.4 Å². The molecule has 1 aromatic heterocycles. The van der Waals surface area contributed by atoms with Crippen LogP contribution in [0.25, 0.3) is 0 Å². The molecule has 0 atom stereocenters. The number of rotatable bonds is 7. The molecule has 0 aliphatic heterocycles. The summed E-state index contributed by atoms with van der Waals surface area (Å²) in [6.07, 6.45) is 1.69. The summed E-state index contributed by atoms with van der Waals surface area (Å²) >= 11 is 1.03. The van der Waals surface area contributed by atoms with Gasteiger partial charge in [-0.2, -0.15) is 0 Å². The number of amides is 1. The minimum atomic E-state index is -1.12. The fourth-order valence-corrected chi connectivity index (χ4v) is 1.83. The van der Waals surface area contributed by atoms with E-state index in [9.17, 15) is 9.59 Å². The third-order valence-corrected chi connectivity index (χ3v) is 2.82. The Morgan fingerprint density at radius 2 is 2.29 bits per heavy atom. The second kappa shape index (κ2) is 6.97. The van der Waals surface area contributed by atoms with Crippen LogP contribution in [-0.2, 0) is 4.74 Å². The maximum Gasteiger partial charge on any atom is 0.355 e. The molecule has 17 heavy (non-hydrogen) atoms. The number of carbonyl (C=O) groups excluding carboxylic acids is 1. The molecule has 7 heteroatoms. The summed E-state index contributed by atoms with van der Waals surface area (Å²) in [7, 11) is 1.63. The van der Waals surface area contributed by atoms with Crippen LogP contribution in [0, 0.1) is 0 Å². The summed E-state index contributed by atoms with van der Waals surface area (Å²) in [5.41, 5.74) is -0.0977. The molecule has 6 nitrogen and oxygen atoms in total. The molecule has 0 bridgehead atoms. The number of aromatic nitrogens is 1. The highest BCUT2D eigenvalue weighted by Gasteiger charge is 2.13. The second-order valence-corrected chi connectivity index (χ2v) is 4.16. The summed E-state index contributed by atoms with van der Waals surface area (Å²) in [6, 6.07) is 0. The van der Waals surface area contributed by atoms with Gasteiger partial charge in [-0.15, -0.1) is 11.3 Å². The lowest BCUT2D eigenvalue weighted by molar-refractivity contribution is 0.0691. The SMILES string of the molecule is COCCCCNC(=O)c1nc(C(=O)O)cs1. The van der Waals surface area contributed by atoms with E-state index in [0.29, 0.717) is 13.2 Å². The monoisotopic (exact) mass is 258 g/mol. The number of thiazole rings is 1. The summed E-state index contributed by atoms with van der Waals surface area (Å²) in [4.78, 5) is 25.8. The molecule has 0 aliphatic rings. The van der Waals surface area contributed by atoms with E-state index in [1.807, 2.05) is 0 Å². The molecule has 0 saturated carbocycles. The van der Waals surface area contributed by atoms with Gasteiger partial charge in [0.15, 0.2) is 10.7 Å². The van der Waals surface area contributed by atoms with Crippen LogP contribution in [-0.4, -0.2) is 42.2 Å². The Hall–Kier alpha value is -1.47. The Kier molecular flexibility index (Phi) is 5.58. The van der Waals surface area contributed by atoms with Crippen LogP contribution in [0.15, 0.2) is 5.38 Å². The lowest BCUT2D eigenvalue weighted by Gasteiger charge is -2.02. The molecule has 1 rings (SSSR count). The molecule has 0 saturated heterocycles. The van der Waals surface area contributed by atoms with Crippen LogP contribution < -0.4 is 5.32 Å². The van der Waals surface area contributed by atoms with E-state index in [1.54, 1.807) is 7.11 Å². The van der Waals surface area contributed by atoms with Crippen molar-refractivity contribution in [1.29, 1.82) is 0 Å². The lowest BCUT2D eigenvalue weighted by Crippen LogP contribution is -2.24. The van der Waals surface area contributed by atoms with Crippen LogP contribution in [0.5, 0.6) is 0 Å². The average molecular weight is 258 g/mol. The van der Waals surface area contributed by atoms with E-state index in [-0.39, 0.29) is 16.6 Å². The molecule has 0 radical (unpaired) electrons. The van der Waals surface area contributed by atoms with Crippen molar-refractivity contribution in [1.82, 2.24) is 10.3 Å². The largest absolute Gasteiger partial charge is 0.476 e. The number of hydrogen-bond donors (Lipinski definition) is 2. The molecule has 1 heterocycles. The van der Waals surface area contributed by atoms with Gasteiger partial charge in [-0.1, -0.05) is 0 Å². The van der Waals surface area contributed by atoms with Gasteiger partial charge in [-0.05, 0) is 12.8 Å². The normalized spacial score (nSPS) is 10.2. The Labute approximate surface area is 103 Å². The number of nitrogens with zero attached hydrogens (tertiary/aromatic N) is 1. The maximum atomic E-state index is 11.5. The minimum Gasteiger partial charge on any atom is -0.476 e. The number of carboxylic acids is 1. The van der Waals surface area contributed by atoms with E-state index in [4.69, 9.17) is 9.84 Å². The van der Waals surface area contributed by atoms with Gasteiger partial charge >= 0.3 is 5.97 Å². The number of methoxy groups -OCH3 is 1. The van der Waals surface area contributed by atoms with Crippen molar-refractivity contribution in [2.24, 2.45) is 0 Å². The molecule has 0 spiro atoms. The quantitative estimate of drug-likeness (QED) is 0.712. The first-order valence-corrected chi connectivity index (χ1v) is 5.99. The van der Waals surface area contributed by atoms with Gasteiger partial charge in [0.25, 0.3) is 5.91 Å². The molecule has 0 aromatic carbocycles. The maximum absolute atomic E-state index is 11.5. The van der Waals surface area contributed by atoms with Gasteiger partial charge in [-0.3, -0.25) is 4.79 Å². The smallest absolute Gasteiger partial charge is 0.355 e. The van der Waals surface area contributed by atoms with Crippen LogP contribution in [0.2, 0.25) is 0 Å². The van der Waals surface area contributed by atoms with E-state index in [1.165, 1.54) is 5.38 Å². The summed E-state index contributed by atoms with van der Waals surface area (Å²) in [6.45, 7) is 1.19. The first-order valence-electron chi connectivity index (χ1n) is 5.11. The zero-order valence-corrected chi connectivity index (χ0v) is 10.2. The van der Waals surface area contributed by atoms with Crippen LogP contribution in [0.3, 0.4) is 0 Å². The highest BCUT2D eigenvalue weighted by atomic mass is 32.1. The lowest BCUT2D eigenvalue weighted by atomic mass is 10.3. The van der Waals surface area contributed by atoms with Gasteiger partial charge in [0.1, 0.15) is 0 Å². The van der Waals surface area contributed by atoms with Gasteiger partial charge in [-0.25, -0.2) is 9.78 Å².